The molecule has 0 heteroatoms. The fourth-order valence-corrected chi connectivity index (χ4v) is 2.06. The molecule has 0 aromatic heterocycles. The molecule has 1 rings (SSSR count). The molecule has 1 aliphatic carbocycles. The molecule has 0 bridgehead atoms. The first-order chi connectivity index (χ1) is 5.74. The summed E-state index contributed by atoms with van der Waals surface area (Å²) in [6, 6.07) is 0. The Morgan fingerprint density at radius 1 is 1.25 bits per heavy atom. The molecule has 0 nitrogen and oxygen atoms in total. The molecule has 12 heavy (non-hydrogen) atoms. The van der Waals surface area contributed by atoms with Gasteiger partial charge in [0.15, 0.2) is 0 Å². The van der Waals surface area contributed by atoms with Crippen molar-refractivity contribution in [3.05, 3.63) is 24.8 Å². The maximum Gasteiger partial charge on any atom is -0.0208 e. The van der Waals surface area contributed by atoms with E-state index in [0.717, 1.165) is 11.8 Å². The van der Waals surface area contributed by atoms with Crippen LogP contribution in [0.15, 0.2) is 24.8 Å². The van der Waals surface area contributed by atoms with Gasteiger partial charge in [-0.25, -0.2) is 0 Å². The zero-order valence-electron chi connectivity index (χ0n) is 8.18. The van der Waals surface area contributed by atoms with Gasteiger partial charge >= 0.3 is 0 Å². The normalized spacial score (nSPS) is 30.8. The van der Waals surface area contributed by atoms with Gasteiger partial charge < -0.3 is 0 Å². The summed E-state index contributed by atoms with van der Waals surface area (Å²) < 4.78 is 0. The third-order valence-corrected chi connectivity index (χ3v) is 3.04. The van der Waals surface area contributed by atoms with Crippen molar-refractivity contribution in [2.75, 3.05) is 0 Å². The van der Waals surface area contributed by atoms with Gasteiger partial charge in [0, 0.05) is 0 Å². The first-order valence-corrected chi connectivity index (χ1v) is 5.02. The van der Waals surface area contributed by atoms with Gasteiger partial charge in [-0.1, -0.05) is 24.6 Å². The first-order valence-electron chi connectivity index (χ1n) is 5.02. The van der Waals surface area contributed by atoms with Crippen LogP contribution in [0.5, 0.6) is 0 Å². The van der Waals surface area contributed by atoms with Crippen LogP contribution in [-0.2, 0) is 0 Å². The molecule has 0 amide bonds. The minimum absolute atomic E-state index is 0.773. The summed E-state index contributed by atoms with van der Waals surface area (Å²) in [7, 11) is 0. The molecular weight excluding hydrogens is 144 g/mol. The smallest absolute Gasteiger partial charge is 0.0208 e. The Labute approximate surface area is 76.4 Å². The zero-order chi connectivity index (χ0) is 8.97. The Balaban J connectivity index is 2.44. The molecule has 0 aromatic rings. The lowest BCUT2D eigenvalue weighted by molar-refractivity contribution is 0.517. The maximum atomic E-state index is 4.05. The van der Waals surface area contributed by atoms with Crippen molar-refractivity contribution < 1.29 is 0 Å². The summed E-state index contributed by atoms with van der Waals surface area (Å²) in [5.41, 5.74) is 1.37. The lowest BCUT2D eigenvalue weighted by atomic mass is 9.93. The van der Waals surface area contributed by atoms with Gasteiger partial charge in [0.2, 0.25) is 0 Å². The predicted molar refractivity (Wildman–Crippen MR) is 55.1 cm³/mol. The van der Waals surface area contributed by atoms with E-state index in [9.17, 15) is 0 Å². The lowest BCUT2D eigenvalue weighted by Gasteiger charge is -2.13. The van der Waals surface area contributed by atoms with Gasteiger partial charge in [-0.05, 0) is 44.4 Å². The molecule has 1 aliphatic rings. The summed E-state index contributed by atoms with van der Waals surface area (Å²) in [5.74, 6) is 1.56. The minimum Gasteiger partial charge on any atom is -0.103 e. The van der Waals surface area contributed by atoms with Crippen molar-refractivity contribution in [3.63, 3.8) is 0 Å². The number of allylic oxidation sites excluding steroid dienone is 2. The molecule has 2 unspecified atom stereocenters. The van der Waals surface area contributed by atoms with Crippen LogP contribution in [0.25, 0.3) is 0 Å². The van der Waals surface area contributed by atoms with E-state index in [1.807, 2.05) is 0 Å². The third-order valence-electron chi connectivity index (χ3n) is 3.04. The van der Waals surface area contributed by atoms with E-state index < -0.39 is 0 Å². The Morgan fingerprint density at radius 2 is 2.00 bits per heavy atom. The Bertz CT molecular complexity index is 167. The molecule has 0 aromatic carbocycles. The number of hydrogen-bond donors (Lipinski definition) is 0. The summed E-state index contributed by atoms with van der Waals surface area (Å²) in [6.45, 7) is 10.1. The van der Waals surface area contributed by atoms with E-state index >= 15 is 0 Å². The van der Waals surface area contributed by atoms with E-state index in [4.69, 9.17) is 0 Å². The summed E-state index contributed by atoms with van der Waals surface area (Å²) >= 11 is 0. The Kier molecular flexibility index (Phi) is 3.58. The van der Waals surface area contributed by atoms with Crippen LogP contribution in [0.4, 0.5) is 0 Å². The second-order valence-corrected chi connectivity index (χ2v) is 4.05. The highest BCUT2D eigenvalue weighted by Gasteiger charge is 2.16. The van der Waals surface area contributed by atoms with Crippen molar-refractivity contribution in [3.8, 4) is 0 Å². The predicted octanol–water partition coefficient (Wildman–Crippen LogP) is 3.95. The van der Waals surface area contributed by atoms with Crippen LogP contribution in [0.1, 0.15) is 39.0 Å². The number of hydrogen-bond acceptors (Lipinski definition) is 0. The molecule has 0 heterocycles. The van der Waals surface area contributed by atoms with Crippen molar-refractivity contribution >= 4 is 0 Å². The van der Waals surface area contributed by atoms with E-state index in [-0.39, 0.29) is 0 Å². The quantitative estimate of drug-likeness (QED) is 0.428. The Hall–Kier alpha value is -0.520. The highest BCUT2D eigenvalue weighted by Crippen LogP contribution is 2.31. The third kappa shape index (κ3) is 2.51. The monoisotopic (exact) mass is 164 g/mol. The second kappa shape index (κ2) is 4.49. The van der Waals surface area contributed by atoms with Crippen molar-refractivity contribution in [2.24, 2.45) is 11.8 Å². The minimum atomic E-state index is 0.773. The molecule has 2 atom stereocenters. The van der Waals surface area contributed by atoms with Gasteiger partial charge in [-0.2, -0.15) is 0 Å². The average Bonchev–Trinajstić information content (AvgIpc) is 2.28. The van der Waals surface area contributed by atoms with Crippen molar-refractivity contribution in [1.29, 1.82) is 0 Å². The summed E-state index contributed by atoms with van der Waals surface area (Å²) in [4.78, 5) is 0. The lowest BCUT2D eigenvalue weighted by Crippen LogP contribution is -1.99. The standard InChI is InChI=1S/C12H20/c1-4-11-6-5-7-12(9-8-11)10(2)3/h4,11-12H,1-2,5-9H2,3H3. The van der Waals surface area contributed by atoms with Crippen molar-refractivity contribution in [2.45, 2.75) is 39.0 Å². The number of rotatable bonds is 2. The SMILES string of the molecule is C=CC1CCCC(C(=C)C)CC1. The van der Waals surface area contributed by atoms with Crippen molar-refractivity contribution in [1.82, 2.24) is 0 Å². The van der Waals surface area contributed by atoms with E-state index in [1.165, 1.54) is 37.7 Å². The van der Waals surface area contributed by atoms with E-state index in [2.05, 4.69) is 26.2 Å². The first kappa shape index (κ1) is 9.57. The van der Waals surface area contributed by atoms with Crippen LogP contribution in [0.2, 0.25) is 0 Å². The molecule has 1 fully saturated rings. The van der Waals surface area contributed by atoms with Gasteiger partial charge in [-0.15, -0.1) is 6.58 Å². The van der Waals surface area contributed by atoms with Gasteiger partial charge in [0.1, 0.15) is 0 Å². The average molecular weight is 164 g/mol. The van der Waals surface area contributed by atoms with Gasteiger partial charge in [-0.3, -0.25) is 0 Å². The molecule has 0 N–H and O–H groups in total. The second-order valence-electron chi connectivity index (χ2n) is 4.05. The van der Waals surface area contributed by atoms with Gasteiger partial charge in [0.05, 0.1) is 0 Å². The van der Waals surface area contributed by atoms with Crippen LogP contribution < -0.4 is 0 Å². The largest absolute Gasteiger partial charge is 0.103 e. The molecule has 0 saturated heterocycles. The molecule has 68 valence electrons. The fourth-order valence-electron chi connectivity index (χ4n) is 2.06. The molecule has 0 radical (unpaired) electrons. The highest BCUT2D eigenvalue weighted by molar-refractivity contribution is 4.98. The van der Waals surface area contributed by atoms with E-state index in [0.29, 0.717) is 0 Å². The molecule has 0 aliphatic heterocycles. The van der Waals surface area contributed by atoms with Crippen LogP contribution >= 0.6 is 0 Å². The molecular formula is C12H20. The van der Waals surface area contributed by atoms with Crippen LogP contribution in [0.3, 0.4) is 0 Å². The summed E-state index contributed by atoms with van der Waals surface area (Å²) in [5, 5.41) is 0. The van der Waals surface area contributed by atoms with E-state index in [1.54, 1.807) is 0 Å². The maximum absolute atomic E-state index is 4.05. The molecule has 1 saturated carbocycles. The molecule has 0 spiro atoms. The fraction of sp³-hybridized carbons (Fsp3) is 0.667. The summed E-state index contributed by atoms with van der Waals surface area (Å²) in [6.07, 6.45) is 8.81. The van der Waals surface area contributed by atoms with Crippen LogP contribution in [-0.4, -0.2) is 0 Å². The highest BCUT2D eigenvalue weighted by atomic mass is 14.2. The zero-order valence-corrected chi connectivity index (χ0v) is 8.18. The topological polar surface area (TPSA) is 0 Å². The Morgan fingerprint density at radius 3 is 2.58 bits per heavy atom. The van der Waals surface area contributed by atoms with Crippen LogP contribution in [0, 0.1) is 11.8 Å². The van der Waals surface area contributed by atoms with Gasteiger partial charge in [0.25, 0.3) is 0 Å².